The number of fused-ring (bicyclic) bond motifs is 1. The van der Waals surface area contributed by atoms with Crippen LogP contribution in [0.25, 0.3) is 10.9 Å². The molecule has 0 unspecified atom stereocenters. The van der Waals surface area contributed by atoms with Gasteiger partial charge in [0.2, 0.25) is 0 Å². The summed E-state index contributed by atoms with van der Waals surface area (Å²) in [5.74, 6) is -3.37. The van der Waals surface area contributed by atoms with Gasteiger partial charge in [0, 0.05) is 50.0 Å². The van der Waals surface area contributed by atoms with Gasteiger partial charge in [0.05, 0.1) is 17.6 Å². The number of piperazine rings is 1. The first-order valence-corrected chi connectivity index (χ1v) is 9.94. The number of rotatable bonds is 3. The molecule has 33 heavy (non-hydrogen) atoms. The standard InChI is InChI=1S/C21H18F5N5O2/c22-14-7-13-16(8-15(14)23)27-11-17(13)29-19(32)20(33)31-5-3-30(4-6-31)18-2-1-12(10-28-18)9-21(24,25)26/h1-2,7-8,10-11,27H,3-6,9H2,(H,29,32). The summed E-state index contributed by atoms with van der Waals surface area (Å²) in [5, 5.41) is 2.63. The van der Waals surface area contributed by atoms with E-state index in [0.29, 0.717) is 18.9 Å². The van der Waals surface area contributed by atoms with Crippen LogP contribution >= 0.6 is 0 Å². The van der Waals surface area contributed by atoms with E-state index in [9.17, 15) is 31.5 Å². The van der Waals surface area contributed by atoms with E-state index in [1.807, 2.05) is 0 Å². The summed E-state index contributed by atoms with van der Waals surface area (Å²) in [6.07, 6.45) is -2.87. The van der Waals surface area contributed by atoms with Gasteiger partial charge in [0.25, 0.3) is 0 Å². The van der Waals surface area contributed by atoms with Gasteiger partial charge in [-0.2, -0.15) is 13.2 Å². The van der Waals surface area contributed by atoms with E-state index < -0.39 is 36.0 Å². The number of alkyl halides is 3. The average Bonchev–Trinajstić information content (AvgIpc) is 3.14. The minimum Gasteiger partial charge on any atom is -0.359 e. The van der Waals surface area contributed by atoms with Crippen LogP contribution in [0.3, 0.4) is 0 Å². The average molecular weight is 467 g/mol. The van der Waals surface area contributed by atoms with Crippen molar-refractivity contribution in [1.29, 1.82) is 0 Å². The number of nitrogens with one attached hydrogen (secondary N) is 2. The second-order valence-corrected chi connectivity index (χ2v) is 7.56. The first-order valence-electron chi connectivity index (χ1n) is 9.94. The Labute approximate surface area is 184 Å². The van der Waals surface area contributed by atoms with Crippen LogP contribution in [0.1, 0.15) is 5.56 Å². The van der Waals surface area contributed by atoms with Crippen molar-refractivity contribution in [1.82, 2.24) is 14.9 Å². The molecule has 0 saturated carbocycles. The summed E-state index contributed by atoms with van der Waals surface area (Å²) in [6, 6.07) is 4.72. The van der Waals surface area contributed by atoms with Crippen molar-refractivity contribution in [2.45, 2.75) is 12.6 Å². The zero-order chi connectivity index (χ0) is 23.8. The number of nitrogens with zero attached hydrogens (tertiary/aromatic N) is 3. The third kappa shape index (κ3) is 5.04. The zero-order valence-corrected chi connectivity index (χ0v) is 17.0. The summed E-state index contributed by atoms with van der Waals surface area (Å²) < 4.78 is 64.3. The lowest BCUT2D eigenvalue weighted by molar-refractivity contribution is -0.143. The molecule has 1 aliphatic rings. The van der Waals surface area contributed by atoms with E-state index in [0.717, 1.165) is 12.1 Å². The van der Waals surface area contributed by atoms with Gasteiger partial charge in [-0.1, -0.05) is 6.07 Å². The summed E-state index contributed by atoms with van der Waals surface area (Å²) >= 11 is 0. The number of anilines is 2. The van der Waals surface area contributed by atoms with Crippen molar-refractivity contribution in [3.8, 4) is 0 Å². The van der Waals surface area contributed by atoms with Gasteiger partial charge in [0.15, 0.2) is 11.6 Å². The molecule has 174 valence electrons. The lowest BCUT2D eigenvalue weighted by Crippen LogP contribution is -2.51. The fraction of sp³-hybridized carbons (Fsp3) is 0.286. The minimum atomic E-state index is -4.31. The molecule has 12 heteroatoms. The van der Waals surface area contributed by atoms with Crippen LogP contribution in [0.15, 0.2) is 36.7 Å². The van der Waals surface area contributed by atoms with E-state index >= 15 is 0 Å². The third-order valence-electron chi connectivity index (χ3n) is 5.27. The molecule has 7 nitrogen and oxygen atoms in total. The van der Waals surface area contributed by atoms with E-state index in [-0.39, 0.29) is 35.2 Å². The van der Waals surface area contributed by atoms with Crippen LogP contribution in [-0.4, -0.2) is 59.0 Å². The summed E-state index contributed by atoms with van der Waals surface area (Å²) in [5.41, 5.74) is 0.458. The lowest BCUT2D eigenvalue weighted by atomic mass is 10.2. The Bertz CT molecular complexity index is 1180. The highest BCUT2D eigenvalue weighted by molar-refractivity contribution is 6.40. The van der Waals surface area contributed by atoms with Gasteiger partial charge in [-0.3, -0.25) is 9.59 Å². The van der Waals surface area contributed by atoms with Gasteiger partial charge in [-0.15, -0.1) is 0 Å². The number of carbonyl (C=O) groups is 2. The summed E-state index contributed by atoms with van der Waals surface area (Å²) in [7, 11) is 0. The number of aromatic amines is 1. The highest BCUT2D eigenvalue weighted by Crippen LogP contribution is 2.26. The fourth-order valence-electron chi connectivity index (χ4n) is 3.62. The van der Waals surface area contributed by atoms with Gasteiger partial charge < -0.3 is 20.1 Å². The highest BCUT2D eigenvalue weighted by atomic mass is 19.4. The second kappa shape index (κ2) is 8.68. The topological polar surface area (TPSA) is 81.3 Å². The Morgan fingerprint density at radius 1 is 1.06 bits per heavy atom. The highest BCUT2D eigenvalue weighted by Gasteiger charge is 2.29. The molecule has 3 aromatic rings. The number of aromatic nitrogens is 2. The van der Waals surface area contributed by atoms with Gasteiger partial charge >= 0.3 is 18.0 Å². The molecule has 1 saturated heterocycles. The molecular formula is C21H18F5N5O2. The molecular weight excluding hydrogens is 449 g/mol. The second-order valence-electron chi connectivity index (χ2n) is 7.56. The monoisotopic (exact) mass is 467 g/mol. The number of pyridine rings is 1. The number of halogens is 5. The third-order valence-corrected chi connectivity index (χ3v) is 5.27. The minimum absolute atomic E-state index is 0.0524. The van der Waals surface area contributed by atoms with Gasteiger partial charge in [0.1, 0.15) is 5.82 Å². The van der Waals surface area contributed by atoms with Gasteiger partial charge in [-0.25, -0.2) is 13.8 Å². The van der Waals surface area contributed by atoms with Crippen LogP contribution < -0.4 is 10.2 Å². The quantitative estimate of drug-likeness (QED) is 0.458. The molecule has 1 aliphatic heterocycles. The van der Waals surface area contributed by atoms with Crippen molar-refractivity contribution in [2.24, 2.45) is 0 Å². The van der Waals surface area contributed by atoms with Crippen molar-refractivity contribution >= 4 is 34.2 Å². The first-order chi connectivity index (χ1) is 15.6. The molecule has 2 N–H and O–H groups in total. The molecule has 3 heterocycles. The first kappa shape index (κ1) is 22.5. The van der Waals surface area contributed by atoms with E-state index in [2.05, 4.69) is 15.3 Å². The number of H-pyrrole nitrogens is 1. The maximum absolute atomic E-state index is 13.5. The fourth-order valence-corrected chi connectivity index (χ4v) is 3.62. The maximum Gasteiger partial charge on any atom is 0.393 e. The van der Waals surface area contributed by atoms with Crippen LogP contribution in [0.2, 0.25) is 0 Å². The smallest absolute Gasteiger partial charge is 0.359 e. The molecule has 1 aromatic carbocycles. The normalized spacial score (nSPS) is 14.6. The van der Waals surface area contributed by atoms with E-state index in [4.69, 9.17) is 0 Å². The number of hydrogen-bond acceptors (Lipinski definition) is 4. The number of hydrogen-bond donors (Lipinski definition) is 2. The molecule has 0 atom stereocenters. The largest absolute Gasteiger partial charge is 0.393 e. The number of amides is 2. The molecule has 0 aliphatic carbocycles. The SMILES string of the molecule is O=C(Nc1c[nH]c2cc(F)c(F)cc12)C(=O)N1CCN(c2ccc(CC(F)(F)F)cn2)CC1. The van der Waals surface area contributed by atoms with Crippen molar-refractivity contribution in [3.63, 3.8) is 0 Å². The van der Waals surface area contributed by atoms with Crippen LogP contribution in [0, 0.1) is 11.6 Å². The lowest BCUT2D eigenvalue weighted by Gasteiger charge is -2.35. The molecule has 1 fully saturated rings. The van der Waals surface area contributed by atoms with E-state index in [1.165, 1.54) is 29.4 Å². The number of benzene rings is 1. The van der Waals surface area contributed by atoms with Crippen molar-refractivity contribution in [2.75, 3.05) is 36.4 Å². The Hall–Kier alpha value is -3.70. The summed E-state index contributed by atoms with van der Waals surface area (Å²) in [4.78, 5) is 34.8. The zero-order valence-electron chi connectivity index (χ0n) is 17.0. The Kier molecular flexibility index (Phi) is 5.91. The predicted octanol–water partition coefficient (Wildman–Crippen LogP) is 3.23. The molecule has 2 amide bonds. The molecule has 0 radical (unpaired) electrons. The molecule has 0 bridgehead atoms. The maximum atomic E-state index is 13.5. The van der Waals surface area contributed by atoms with Crippen LogP contribution in [0.4, 0.5) is 33.5 Å². The molecule has 2 aromatic heterocycles. The Balaban J connectivity index is 1.34. The predicted molar refractivity (Wildman–Crippen MR) is 110 cm³/mol. The number of carbonyl (C=O) groups excluding carboxylic acids is 2. The van der Waals surface area contributed by atoms with Crippen molar-refractivity contribution in [3.05, 3.63) is 53.9 Å². The molecule has 4 rings (SSSR count). The Morgan fingerprint density at radius 2 is 1.76 bits per heavy atom. The van der Waals surface area contributed by atoms with E-state index in [1.54, 1.807) is 4.90 Å². The van der Waals surface area contributed by atoms with Crippen LogP contribution in [-0.2, 0) is 16.0 Å². The molecule has 0 spiro atoms. The van der Waals surface area contributed by atoms with Gasteiger partial charge in [-0.05, 0) is 17.7 Å². The van der Waals surface area contributed by atoms with Crippen LogP contribution in [0.5, 0.6) is 0 Å². The summed E-state index contributed by atoms with van der Waals surface area (Å²) in [6.45, 7) is 1.07. The van der Waals surface area contributed by atoms with Crippen molar-refractivity contribution < 1.29 is 31.5 Å². The Morgan fingerprint density at radius 3 is 2.39 bits per heavy atom.